The molecule has 1 aliphatic heterocycles. The highest BCUT2D eigenvalue weighted by atomic mass is 15.3. The molecule has 2 N–H and O–H groups in total. The first-order chi connectivity index (χ1) is 9.51. The summed E-state index contributed by atoms with van der Waals surface area (Å²) in [6.45, 7) is 10.1. The Morgan fingerprint density at radius 1 is 1.35 bits per heavy atom. The molecule has 1 aromatic rings. The van der Waals surface area contributed by atoms with Gasteiger partial charge in [-0.05, 0) is 50.9 Å². The number of hydrogen-bond acceptors (Lipinski definition) is 3. The third-order valence-electron chi connectivity index (χ3n) is 4.42. The third-order valence-corrected chi connectivity index (χ3v) is 4.42. The number of rotatable bonds is 4. The van der Waals surface area contributed by atoms with Crippen molar-refractivity contribution in [2.24, 2.45) is 5.73 Å². The van der Waals surface area contributed by atoms with E-state index in [0.29, 0.717) is 6.04 Å². The van der Waals surface area contributed by atoms with Gasteiger partial charge in [-0.25, -0.2) is 0 Å². The van der Waals surface area contributed by atoms with Crippen LogP contribution in [0.4, 0.5) is 5.69 Å². The van der Waals surface area contributed by atoms with Crippen molar-refractivity contribution in [2.45, 2.75) is 45.7 Å². The van der Waals surface area contributed by atoms with Gasteiger partial charge in [-0.3, -0.25) is 0 Å². The Labute approximate surface area is 123 Å². The zero-order valence-corrected chi connectivity index (χ0v) is 13.4. The minimum atomic E-state index is 0.280. The Morgan fingerprint density at radius 2 is 2.10 bits per heavy atom. The summed E-state index contributed by atoms with van der Waals surface area (Å²) in [7, 11) is 2.20. The molecule has 20 heavy (non-hydrogen) atoms. The molecule has 0 aromatic heterocycles. The molecule has 0 amide bonds. The number of nitrogens with zero attached hydrogens (tertiary/aromatic N) is 2. The largest absolute Gasteiger partial charge is 0.366 e. The van der Waals surface area contributed by atoms with Crippen LogP contribution in [0.3, 0.4) is 0 Å². The molecule has 1 fully saturated rings. The molecule has 0 saturated carbocycles. The van der Waals surface area contributed by atoms with Crippen LogP contribution in [-0.4, -0.2) is 43.7 Å². The van der Waals surface area contributed by atoms with Crippen LogP contribution >= 0.6 is 0 Å². The van der Waals surface area contributed by atoms with E-state index in [-0.39, 0.29) is 6.04 Å². The fraction of sp³-hybridized carbons (Fsp3) is 0.647. The summed E-state index contributed by atoms with van der Waals surface area (Å²) in [5, 5.41) is 0. The lowest BCUT2D eigenvalue weighted by atomic mass is 10.0. The summed E-state index contributed by atoms with van der Waals surface area (Å²) in [6.07, 6.45) is 2.02. The van der Waals surface area contributed by atoms with Crippen LogP contribution in [0.1, 0.15) is 31.4 Å². The second-order valence-electron chi connectivity index (χ2n) is 6.30. The number of anilines is 1. The summed E-state index contributed by atoms with van der Waals surface area (Å²) < 4.78 is 0. The predicted molar refractivity (Wildman–Crippen MR) is 87.5 cm³/mol. The highest BCUT2D eigenvalue weighted by molar-refractivity contribution is 5.55. The maximum Gasteiger partial charge on any atom is 0.0399 e. The molecule has 0 radical (unpaired) electrons. The Bertz CT molecular complexity index is 444. The lowest BCUT2D eigenvalue weighted by Crippen LogP contribution is -2.50. The van der Waals surface area contributed by atoms with Crippen molar-refractivity contribution in [3.63, 3.8) is 0 Å². The molecule has 2 atom stereocenters. The standard InChI is InChI=1S/C17H29N3/c1-5-16(18)11-15-6-7-17(13(2)10-15)20-9-8-19(4)12-14(20)3/h6-7,10,14,16H,5,8-9,11-12,18H2,1-4H3. The van der Waals surface area contributed by atoms with Crippen molar-refractivity contribution in [3.05, 3.63) is 29.3 Å². The SMILES string of the molecule is CCC(N)Cc1ccc(N2CCN(C)CC2C)c(C)c1. The number of piperazine rings is 1. The van der Waals surface area contributed by atoms with Crippen LogP contribution in [0.5, 0.6) is 0 Å². The number of benzene rings is 1. The van der Waals surface area contributed by atoms with Gasteiger partial charge in [-0.2, -0.15) is 0 Å². The quantitative estimate of drug-likeness (QED) is 0.916. The van der Waals surface area contributed by atoms with Gasteiger partial charge in [0.25, 0.3) is 0 Å². The number of aryl methyl sites for hydroxylation is 1. The molecule has 1 aromatic carbocycles. The third kappa shape index (κ3) is 3.53. The Kier molecular flexibility index (Phi) is 5.06. The summed E-state index contributed by atoms with van der Waals surface area (Å²) in [5.74, 6) is 0. The Morgan fingerprint density at radius 3 is 2.70 bits per heavy atom. The van der Waals surface area contributed by atoms with Crippen molar-refractivity contribution in [1.82, 2.24) is 4.90 Å². The van der Waals surface area contributed by atoms with Crippen molar-refractivity contribution < 1.29 is 0 Å². The van der Waals surface area contributed by atoms with E-state index in [0.717, 1.165) is 32.5 Å². The molecule has 1 aliphatic rings. The fourth-order valence-electron chi connectivity index (χ4n) is 3.11. The zero-order chi connectivity index (χ0) is 14.7. The van der Waals surface area contributed by atoms with Gasteiger partial charge in [0.1, 0.15) is 0 Å². The Balaban J connectivity index is 2.13. The molecule has 3 heteroatoms. The van der Waals surface area contributed by atoms with Gasteiger partial charge in [-0.1, -0.05) is 19.1 Å². The zero-order valence-electron chi connectivity index (χ0n) is 13.4. The molecule has 2 rings (SSSR count). The molecule has 0 bridgehead atoms. The normalized spacial score (nSPS) is 22.1. The number of hydrogen-bond donors (Lipinski definition) is 1. The average molecular weight is 275 g/mol. The van der Waals surface area contributed by atoms with Crippen LogP contribution in [0.2, 0.25) is 0 Å². The maximum absolute atomic E-state index is 6.06. The van der Waals surface area contributed by atoms with Crippen LogP contribution < -0.4 is 10.6 Å². The van der Waals surface area contributed by atoms with E-state index >= 15 is 0 Å². The molecular weight excluding hydrogens is 246 g/mol. The maximum atomic E-state index is 6.06. The van der Waals surface area contributed by atoms with E-state index in [4.69, 9.17) is 5.73 Å². The van der Waals surface area contributed by atoms with Gasteiger partial charge in [0.05, 0.1) is 0 Å². The predicted octanol–water partition coefficient (Wildman–Crippen LogP) is 2.42. The van der Waals surface area contributed by atoms with Crippen LogP contribution in [0.25, 0.3) is 0 Å². The molecule has 112 valence electrons. The van der Waals surface area contributed by atoms with Gasteiger partial charge in [-0.15, -0.1) is 0 Å². The molecule has 0 aliphatic carbocycles. The van der Waals surface area contributed by atoms with Gasteiger partial charge >= 0.3 is 0 Å². The minimum absolute atomic E-state index is 0.280. The fourth-order valence-corrected chi connectivity index (χ4v) is 3.11. The van der Waals surface area contributed by atoms with Crippen molar-refractivity contribution in [2.75, 3.05) is 31.6 Å². The van der Waals surface area contributed by atoms with E-state index in [1.807, 2.05) is 0 Å². The molecular formula is C17H29N3. The average Bonchev–Trinajstić information content (AvgIpc) is 2.40. The van der Waals surface area contributed by atoms with Gasteiger partial charge in [0.2, 0.25) is 0 Å². The highest BCUT2D eigenvalue weighted by Crippen LogP contribution is 2.25. The van der Waals surface area contributed by atoms with E-state index in [1.54, 1.807) is 0 Å². The van der Waals surface area contributed by atoms with Crippen LogP contribution in [-0.2, 0) is 6.42 Å². The molecule has 1 saturated heterocycles. The van der Waals surface area contributed by atoms with Crippen molar-refractivity contribution >= 4 is 5.69 Å². The lowest BCUT2D eigenvalue weighted by Gasteiger charge is -2.40. The van der Waals surface area contributed by atoms with E-state index < -0.39 is 0 Å². The summed E-state index contributed by atoms with van der Waals surface area (Å²) in [4.78, 5) is 4.95. The van der Waals surface area contributed by atoms with Crippen molar-refractivity contribution in [1.29, 1.82) is 0 Å². The summed E-state index contributed by atoms with van der Waals surface area (Å²) >= 11 is 0. The first-order valence-electron chi connectivity index (χ1n) is 7.81. The topological polar surface area (TPSA) is 32.5 Å². The van der Waals surface area contributed by atoms with E-state index in [1.165, 1.54) is 16.8 Å². The molecule has 3 nitrogen and oxygen atoms in total. The second-order valence-corrected chi connectivity index (χ2v) is 6.30. The number of likely N-dealkylation sites (N-methyl/N-ethyl adjacent to an activating group) is 1. The monoisotopic (exact) mass is 275 g/mol. The van der Waals surface area contributed by atoms with Crippen molar-refractivity contribution in [3.8, 4) is 0 Å². The Hall–Kier alpha value is -1.06. The van der Waals surface area contributed by atoms with Gasteiger partial charge in [0, 0.05) is 37.4 Å². The molecule has 2 unspecified atom stereocenters. The van der Waals surface area contributed by atoms with Gasteiger partial charge in [0.15, 0.2) is 0 Å². The first-order valence-corrected chi connectivity index (χ1v) is 7.81. The second kappa shape index (κ2) is 6.59. The minimum Gasteiger partial charge on any atom is -0.366 e. The van der Waals surface area contributed by atoms with E-state index in [9.17, 15) is 0 Å². The first kappa shape index (κ1) is 15.3. The van der Waals surface area contributed by atoms with E-state index in [2.05, 4.69) is 55.8 Å². The van der Waals surface area contributed by atoms with Gasteiger partial charge < -0.3 is 15.5 Å². The van der Waals surface area contributed by atoms with Crippen LogP contribution in [0, 0.1) is 6.92 Å². The number of nitrogens with two attached hydrogens (primary N) is 1. The van der Waals surface area contributed by atoms with Crippen LogP contribution in [0.15, 0.2) is 18.2 Å². The lowest BCUT2D eigenvalue weighted by molar-refractivity contribution is 0.275. The molecule has 0 spiro atoms. The smallest absolute Gasteiger partial charge is 0.0399 e. The summed E-state index contributed by atoms with van der Waals surface area (Å²) in [5.41, 5.74) is 10.2. The summed E-state index contributed by atoms with van der Waals surface area (Å²) in [6, 6.07) is 7.72. The highest BCUT2D eigenvalue weighted by Gasteiger charge is 2.22. The molecule has 1 heterocycles.